The van der Waals surface area contributed by atoms with E-state index < -0.39 is 10.0 Å². The van der Waals surface area contributed by atoms with Crippen LogP contribution in [-0.2, 0) is 14.9 Å². The molecular weight excluding hydrogens is 362 g/mol. The lowest BCUT2D eigenvalue weighted by atomic mass is 10.0. The third-order valence-electron chi connectivity index (χ3n) is 4.46. The molecule has 0 amide bonds. The second-order valence-corrected chi connectivity index (χ2v) is 8.58. The van der Waals surface area contributed by atoms with Gasteiger partial charge in [-0.1, -0.05) is 86.6 Å². The van der Waals surface area contributed by atoms with Crippen molar-refractivity contribution < 1.29 is 18.4 Å². The molecule has 1 aromatic rings. The molecule has 0 spiro atoms. The van der Waals surface area contributed by atoms with Gasteiger partial charge in [-0.3, -0.25) is 4.84 Å². The van der Waals surface area contributed by atoms with Crippen LogP contribution in [0.1, 0.15) is 70.3 Å². The van der Waals surface area contributed by atoms with E-state index >= 15 is 0 Å². The van der Waals surface area contributed by atoms with Crippen LogP contribution >= 0.6 is 0 Å². The lowest BCUT2D eigenvalue weighted by Gasteiger charge is -2.17. The Morgan fingerprint density at radius 2 is 1.67 bits per heavy atom. The molecule has 0 aliphatic carbocycles. The average Bonchev–Trinajstić information content (AvgIpc) is 2.65. The normalized spacial score (nSPS) is 13.3. The highest BCUT2D eigenvalue weighted by Crippen LogP contribution is 2.15. The van der Waals surface area contributed by atoms with Crippen molar-refractivity contribution in [3.8, 4) is 0 Å². The van der Waals surface area contributed by atoms with Crippen molar-refractivity contribution in [2.45, 2.75) is 82.6 Å². The van der Waals surface area contributed by atoms with Crippen LogP contribution in [-0.4, -0.2) is 26.2 Å². The van der Waals surface area contributed by atoms with Gasteiger partial charge in [-0.2, -0.15) is 0 Å². The number of rotatable bonds is 15. The van der Waals surface area contributed by atoms with E-state index in [9.17, 15) is 8.42 Å². The standard InChI is InChI=1S/C21H35NO4S/c1-3-4-5-6-7-8-9-12-20(13-10-11-18-23)26-22-27(24,25)21-16-14-19(2)15-17-21/h10-11,14-17,20,22-23H,3-9,12-13,18H2,1-2H3/b11-10+. The van der Waals surface area contributed by atoms with E-state index in [0.717, 1.165) is 24.8 Å². The molecule has 1 atom stereocenters. The van der Waals surface area contributed by atoms with Gasteiger partial charge in [-0.15, -0.1) is 0 Å². The summed E-state index contributed by atoms with van der Waals surface area (Å²) < 4.78 is 24.7. The monoisotopic (exact) mass is 397 g/mol. The molecule has 0 bridgehead atoms. The summed E-state index contributed by atoms with van der Waals surface area (Å²) in [5, 5.41) is 8.89. The summed E-state index contributed by atoms with van der Waals surface area (Å²) in [6.45, 7) is 4.09. The van der Waals surface area contributed by atoms with Crippen LogP contribution in [0, 0.1) is 6.92 Å². The van der Waals surface area contributed by atoms with Crippen molar-refractivity contribution in [3.63, 3.8) is 0 Å². The molecule has 0 saturated heterocycles. The van der Waals surface area contributed by atoms with E-state index in [2.05, 4.69) is 11.8 Å². The SMILES string of the molecule is CCCCCCCCCC(C/C=C/CO)ONS(=O)(=O)c1ccc(C)cc1. The van der Waals surface area contributed by atoms with Gasteiger partial charge in [0.05, 0.1) is 17.6 Å². The zero-order valence-electron chi connectivity index (χ0n) is 16.7. The highest BCUT2D eigenvalue weighted by atomic mass is 32.2. The van der Waals surface area contributed by atoms with Crippen molar-refractivity contribution in [1.29, 1.82) is 0 Å². The molecule has 0 aliphatic rings. The lowest BCUT2D eigenvalue weighted by Crippen LogP contribution is -2.29. The summed E-state index contributed by atoms with van der Waals surface area (Å²) >= 11 is 0. The summed E-state index contributed by atoms with van der Waals surface area (Å²) in [6.07, 6.45) is 13.0. The molecule has 1 aromatic carbocycles. The minimum atomic E-state index is -3.69. The molecule has 6 heteroatoms. The second-order valence-electron chi connectivity index (χ2n) is 6.94. The zero-order chi connectivity index (χ0) is 20.0. The lowest BCUT2D eigenvalue weighted by molar-refractivity contribution is 0.0128. The summed E-state index contributed by atoms with van der Waals surface area (Å²) in [7, 11) is -3.69. The first-order chi connectivity index (χ1) is 13.0. The first-order valence-corrected chi connectivity index (χ1v) is 11.5. The van der Waals surface area contributed by atoms with Crippen molar-refractivity contribution >= 4 is 10.0 Å². The fourth-order valence-corrected chi connectivity index (χ4v) is 3.63. The van der Waals surface area contributed by atoms with Crippen LogP contribution in [0.4, 0.5) is 0 Å². The summed E-state index contributed by atoms with van der Waals surface area (Å²) in [6, 6.07) is 6.65. The summed E-state index contributed by atoms with van der Waals surface area (Å²) in [5.74, 6) is 0. The third kappa shape index (κ3) is 10.6. The maximum Gasteiger partial charge on any atom is 0.262 e. The number of benzene rings is 1. The second kappa shape index (κ2) is 13.9. The molecule has 5 nitrogen and oxygen atoms in total. The quantitative estimate of drug-likeness (QED) is 0.256. The molecule has 0 saturated carbocycles. The van der Waals surface area contributed by atoms with Crippen molar-refractivity contribution in [2.75, 3.05) is 6.61 Å². The van der Waals surface area contributed by atoms with Crippen LogP contribution in [0.3, 0.4) is 0 Å². The Labute approximate surface area is 164 Å². The van der Waals surface area contributed by atoms with Gasteiger partial charge >= 0.3 is 0 Å². The van der Waals surface area contributed by atoms with Crippen molar-refractivity contribution in [1.82, 2.24) is 4.89 Å². The molecule has 1 unspecified atom stereocenters. The molecular formula is C21H35NO4S. The van der Waals surface area contributed by atoms with E-state index in [4.69, 9.17) is 9.94 Å². The number of aliphatic hydroxyl groups is 1. The molecule has 0 fully saturated rings. The molecule has 27 heavy (non-hydrogen) atoms. The van der Waals surface area contributed by atoms with Gasteiger partial charge in [0.25, 0.3) is 10.0 Å². The van der Waals surface area contributed by atoms with E-state index in [-0.39, 0.29) is 17.6 Å². The van der Waals surface area contributed by atoms with Gasteiger partial charge in [-0.05, 0) is 31.9 Å². The molecule has 2 N–H and O–H groups in total. The number of nitrogens with one attached hydrogen (secondary N) is 1. The van der Waals surface area contributed by atoms with E-state index in [1.54, 1.807) is 30.3 Å². The molecule has 154 valence electrons. The van der Waals surface area contributed by atoms with E-state index in [0.29, 0.717) is 6.42 Å². The van der Waals surface area contributed by atoms with Gasteiger partial charge in [0.1, 0.15) is 0 Å². The summed E-state index contributed by atoms with van der Waals surface area (Å²) in [4.78, 5) is 7.97. The van der Waals surface area contributed by atoms with Crippen molar-refractivity contribution in [3.05, 3.63) is 42.0 Å². The first-order valence-electron chi connectivity index (χ1n) is 9.99. The Hall–Kier alpha value is -1.21. The smallest absolute Gasteiger partial charge is 0.262 e. The number of hydrogen-bond acceptors (Lipinski definition) is 4. The van der Waals surface area contributed by atoms with E-state index in [1.165, 1.54) is 32.1 Å². The topological polar surface area (TPSA) is 75.6 Å². The Morgan fingerprint density at radius 1 is 1.04 bits per heavy atom. The highest BCUT2D eigenvalue weighted by molar-refractivity contribution is 7.89. The predicted octanol–water partition coefficient (Wildman–Crippen LogP) is 4.65. The van der Waals surface area contributed by atoms with Crippen LogP contribution in [0.5, 0.6) is 0 Å². The Bertz CT molecular complexity index is 626. The summed E-state index contributed by atoms with van der Waals surface area (Å²) in [5.41, 5.74) is 1.00. The number of hydrogen-bond donors (Lipinski definition) is 2. The van der Waals surface area contributed by atoms with Gasteiger partial charge in [-0.25, -0.2) is 8.42 Å². The van der Waals surface area contributed by atoms with Gasteiger partial charge < -0.3 is 5.11 Å². The maximum absolute atomic E-state index is 12.4. The fraction of sp³-hybridized carbons (Fsp3) is 0.619. The Morgan fingerprint density at radius 3 is 2.30 bits per heavy atom. The Kier molecular flexibility index (Phi) is 12.3. The zero-order valence-corrected chi connectivity index (χ0v) is 17.5. The van der Waals surface area contributed by atoms with Gasteiger partial charge in [0.2, 0.25) is 0 Å². The third-order valence-corrected chi connectivity index (χ3v) is 5.66. The van der Waals surface area contributed by atoms with Crippen LogP contribution in [0.15, 0.2) is 41.3 Å². The largest absolute Gasteiger partial charge is 0.392 e. The van der Waals surface area contributed by atoms with Gasteiger partial charge in [0, 0.05) is 0 Å². The average molecular weight is 398 g/mol. The van der Waals surface area contributed by atoms with Crippen molar-refractivity contribution in [2.24, 2.45) is 0 Å². The Balaban J connectivity index is 2.48. The number of aliphatic hydroxyl groups excluding tert-OH is 1. The predicted molar refractivity (Wildman–Crippen MR) is 110 cm³/mol. The fourth-order valence-electron chi connectivity index (χ4n) is 2.77. The number of aryl methyl sites for hydroxylation is 1. The van der Waals surface area contributed by atoms with E-state index in [1.807, 2.05) is 13.0 Å². The molecule has 0 aliphatic heterocycles. The molecule has 0 heterocycles. The van der Waals surface area contributed by atoms with Crippen LogP contribution in [0.2, 0.25) is 0 Å². The van der Waals surface area contributed by atoms with Crippen LogP contribution < -0.4 is 4.89 Å². The number of unbranched alkanes of at least 4 members (excludes halogenated alkanes) is 6. The minimum Gasteiger partial charge on any atom is -0.392 e. The van der Waals surface area contributed by atoms with Crippen LogP contribution in [0.25, 0.3) is 0 Å². The molecule has 0 radical (unpaired) electrons. The molecule has 0 aromatic heterocycles. The first kappa shape index (κ1) is 23.8. The maximum atomic E-state index is 12.4. The molecule has 1 rings (SSSR count). The van der Waals surface area contributed by atoms with Gasteiger partial charge in [0.15, 0.2) is 0 Å². The highest BCUT2D eigenvalue weighted by Gasteiger charge is 2.17. The minimum absolute atomic E-state index is 0.0285. The number of sulfonamides is 1.